The van der Waals surface area contributed by atoms with Crippen LogP contribution in [0.3, 0.4) is 0 Å². The summed E-state index contributed by atoms with van der Waals surface area (Å²) in [4.78, 5) is 11.8. The fourth-order valence-corrected chi connectivity index (χ4v) is 1.10. The highest BCUT2D eigenvalue weighted by atomic mass is 19.1. The summed E-state index contributed by atoms with van der Waals surface area (Å²) in [6.45, 7) is 5.64. The second-order valence-corrected chi connectivity index (χ2v) is 4.42. The van der Waals surface area contributed by atoms with Gasteiger partial charge in [-0.3, -0.25) is 4.79 Å². The molecule has 0 spiro atoms. The van der Waals surface area contributed by atoms with Crippen LogP contribution in [0.5, 0.6) is 0 Å². The van der Waals surface area contributed by atoms with E-state index in [1.165, 1.54) is 18.2 Å². The maximum Gasteiger partial charge on any atom is 0.230 e. The first kappa shape index (κ1) is 12.5. The lowest BCUT2D eigenvalue weighted by atomic mass is 9.89. The lowest BCUT2D eigenvalue weighted by Crippen LogP contribution is -2.30. The molecule has 4 heteroatoms. The molecule has 0 atom stereocenters. The Morgan fingerprint density at radius 2 is 2.12 bits per heavy atom. The van der Waals surface area contributed by atoms with Crippen LogP contribution in [0.2, 0.25) is 0 Å². The van der Waals surface area contributed by atoms with Crippen LogP contribution >= 0.6 is 0 Å². The number of hydrogen-bond donors (Lipinski definition) is 2. The van der Waals surface area contributed by atoms with Gasteiger partial charge in [-0.2, -0.15) is 0 Å². The van der Waals surface area contributed by atoms with Gasteiger partial charge in [0.2, 0.25) is 5.91 Å². The standard InChI is InChI=1S/C12H17FN2O/c1-4-12(2,3)11(16)15-10-6-5-8(13)7-9(10)14/h5-7H,4,14H2,1-3H3,(H,15,16). The van der Waals surface area contributed by atoms with Crippen LogP contribution in [0.25, 0.3) is 0 Å². The summed E-state index contributed by atoms with van der Waals surface area (Å²) < 4.78 is 12.8. The number of nitrogens with one attached hydrogen (secondary N) is 1. The summed E-state index contributed by atoms with van der Waals surface area (Å²) in [6.07, 6.45) is 0.722. The molecule has 0 heterocycles. The van der Waals surface area contributed by atoms with Crippen molar-refractivity contribution in [3.63, 3.8) is 0 Å². The van der Waals surface area contributed by atoms with Gasteiger partial charge in [0.15, 0.2) is 0 Å². The van der Waals surface area contributed by atoms with Gasteiger partial charge in [0.1, 0.15) is 5.82 Å². The normalized spacial score (nSPS) is 11.2. The predicted molar refractivity (Wildman–Crippen MR) is 63.5 cm³/mol. The number of amides is 1. The predicted octanol–water partition coefficient (Wildman–Crippen LogP) is 2.78. The smallest absolute Gasteiger partial charge is 0.230 e. The molecule has 0 aliphatic carbocycles. The van der Waals surface area contributed by atoms with E-state index in [9.17, 15) is 9.18 Å². The van der Waals surface area contributed by atoms with Gasteiger partial charge in [0, 0.05) is 5.41 Å². The topological polar surface area (TPSA) is 55.1 Å². The second kappa shape index (κ2) is 4.51. The minimum atomic E-state index is -0.458. The third-order valence-corrected chi connectivity index (χ3v) is 2.76. The molecule has 0 radical (unpaired) electrons. The number of carbonyl (C=O) groups excluding carboxylic acids is 1. The molecule has 3 N–H and O–H groups in total. The molecule has 0 aliphatic rings. The van der Waals surface area contributed by atoms with E-state index < -0.39 is 11.2 Å². The highest BCUT2D eigenvalue weighted by molar-refractivity contribution is 5.97. The maximum absolute atomic E-state index is 12.8. The van der Waals surface area contributed by atoms with Crippen molar-refractivity contribution in [2.75, 3.05) is 11.1 Å². The van der Waals surface area contributed by atoms with E-state index in [0.717, 1.165) is 6.42 Å². The lowest BCUT2D eigenvalue weighted by Gasteiger charge is -2.22. The van der Waals surface area contributed by atoms with Gasteiger partial charge >= 0.3 is 0 Å². The number of rotatable bonds is 3. The third-order valence-electron chi connectivity index (χ3n) is 2.76. The first-order valence-electron chi connectivity index (χ1n) is 5.23. The van der Waals surface area contributed by atoms with Gasteiger partial charge in [0.05, 0.1) is 11.4 Å². The van der Waals surface area contributed by atoms with E-state index in [-0.39, 0.29) is 11.6 Å². The van der Waals surface area contributed by atoms with Crippen LogP contribution < -0.4 is 11.1 Å². The molecule has 0 unspecified atom stereocenters. The van der Waals surface area contributed by atoms with Crippen LogP contribution in [-0.2, 0) is 4.79 Å². The number of carbonyl (C=O) groups is 1. The molecule has 1 amide bonds. The molecule has 88 valence electrons. The minimum Gasteiger partial charge on any atom is -0.397 e. The van der Waals surface area contributed by atoms with Crippen molar-refractivity contribution >= 4 is 17.3 Å². The molecule has 0 aromatic heterocycles. The van der Waals surface area contributed by atoms with Crippen molar-refractivity contribution in [3.8, 4) is 0 Å². The molecular formula is C12H17FN2O. The molecule has 3 nitrogen and oxygen atoms in total. The summed E-state index contributed by atoms with van der Waals surface area (Å²) in [5.74, 6) is -0.529. The molecule has 0 bridgehead atoms. The van der Waals surface area contributed by atoms with Gasteiger partial charge < -0.3 is 11.1 Å². The van der Waals surface area contributed by atoms with E-state index in [0.29, 0.717) is 5.69 Å². The summed E-state index contributed by atoms with van der Waals surface area (Å²) in [5, 5.41) is 2.70. The maximum atomic E-state index is 12.8. The Morgan fingerprint density at radius 3 is 2.62 bits per heavy atom. The van der Waals surface area contributed by atoms with Crippen LogP contribution in [0, 0.1) is 11.2 Å². The quantitative estimate of drug-likeness (QED) is 0.776. The van der Waals surface area contributed by atoms with Crippen molar-refractivity contribution in [1.82, 2.24) is 0 Å². The van der Waals surface area contributed by atoms with Gasteiger partial charge in [0.25, 0.3) is 0 Å². The van der Waals surface area contributed by atoms with Crippen LogP contribution in [0.4, 0.5) is 15.8 Å². The van der Waals surface area contributed by atoms with Crippen molar-refractivity contribution in [2.24, 2.45) is 5.41 Å². The van der Waals surface area contributed by atoms with Crippen molar-refractivity contribution in [2.45, 2.75) is 27.2 Å². The molecule has 16 heavy (non-hydrogen) atoms. The molecule has 0 saturated carbocycles. The van der Waals surface area contributed by atoms with Crippen molar-refractivity contribution < 1.29 is 9.18 Å². The zero-order valence-corrected chi connectivity index (χ0v) is 9.80. The minimum absolute atomic E-state index is 0.117. The molecule has 0 saturated heterocycles. The summed E-state index contributed by atoms with van der Waals surface area (Å²) in [6, 6.07) is 3.92. The molecule has 0 aliphatic heterocycles. The average Bonchev–Trinajstić information content (AvgIpc) is 2.22. The Labute approximate surface area is 94.8 Å². The largest absolute Gasteiger partial charge is 0.397 e. The number of nitrogen functional groups attached to an aromatic ring is 1. The van der Waals surface area contributed by atoms with Gasteiger partial charge in [-0.25, -0.2) is 4.39 Å². The SMILES string of the molecule is CCC(C)(C)C(=O)Nc1ccc(F)cc1N. The average molecular weight is 224 g/mol. The fraction of sp³-hybridized carbons (Fsp3) is 0.417. The number of halogens is 1. The van der Waals surface area contributed by atoms with Crippen molar-refractivity contribution in [1.29, 1.82) is 0 Å². The van der Waals surface area contributed by atoms with Crippen LogP contribution in [-0.4, -0.2) is 5.91 Å². The summed E-state index contributed by atoms with van der Waals surface area (Å²) >= 11 is 0. The summed E-state index contributed by atoms with van der Waals surface area (Å²) in [7, 11) is 0. The first-order chi connectivity index (χ1) is 7.36. The van der Waals surface area contributed by atoms with E-state index in [2.05, 4.69) is 5.32 Å². The Bertz CT molecular complexity index is 402. The number of hydrogen-bond acceptors (Lipinski definition) is 2. The van der Waals surface area contributed by atoms with Crippen molar-refractivity contribution in [3.05, 3.63) is 24.0 Å². The fourth-order valence-electron chi connectivity index (χ4n) is 1.10. The molecule has 0 fully saturated rings. The van der Waals surface area contributed by atoms with E-state index in [1.807, 2.05) is 20.8 Å². The molecular weight excluding hydrogens is 207 g/mol. The Kier molecular flexibility index (Phi) is 3.52. The van der Waals surface area contributed by atoms with Crippen LogP contribution in [0.1, 0.15) is 27.2 Å². The molecule has 1 rings (SSSR count). The van der Waals surface area contributed by atoms with Gasteiger partial charge in [-0.15, -0.1) is 0 Å². The lowest BCUT2D eigenvalue weighted by molar-refractivity contribution is -0.124. The second-order valence-electron chi connectivity index (χ2n) is 4.42. The highest BCUT2D eigenvalue weighted by Gasteiger charge is 2.25. The van der Waals surface area contributed by atoms with E-state index in [1.54, 1.807) is 0 Å². The van der Waals surface area contributed by atoms with Gasteiger partial charge in [-0.1, -0.05) is 20.8 Å². The highest BCUT2D eigenvalue weighted by Crippen LogP contribution is 2.25. The zero-order valence-electron chi connectivity index (χ0n) is 9.80. The van der Waals surface area contributed by atoms with E-state index in [4.69, 9.17) is 5.73 Å². The Balaban J connectivity index is 2.85. The third kappa shape index (κ3) is 2.72. The summed E-state index contributed by atoms with van der Waals surface area (Å²) in [5.41, 5.74) is 5.83. The monoisotopic (exact) mass is 224 g/mol. The first-order valence-corrected chi connectivity index (χ1v) is 5.23. The number of nitrogens with two attached hydrogens (primary N) is 1. The molecule has 1 aromatic rings. The molecule has 1 aromatic carbocycles. The zero-order chi connectivity index (χ0) is 12.3. The van der Waals surface area contributed by atoms with Crippen LogP contribution in [0.15, 0.2) is 18.2 Å². The number of anilines is 2. The van der Waals surface area contributed by atoms with Gasteiger partial charge in [-0.05, 0) is 24.6 Å². The van der Waals surface area contributed by atoms with E-state index >= 15 is 0 Å². The Morgan fingerprint density at radius 1 is 1.50 bits per heavy atom. The Hall–Kier alpha value is -1.58. The number of benzene rings is 1.